The van der Waals surface area contributed by atoms with Gasteiger partial charge < -0.3 is 5.32 Å². The molecule has 6 heteroatoms. The molecule has 128 valence electrons. The highest BCUT2D eigenvalue weighted by Crippen LogP contribution is 2.34. The summed E-state index contributed by atoms with van der Waals surface area (Å²) in [6.45, 7) is 1.91. The number of thiophene rings is 1. The standard InChI is InChI=1S/C19H19N3O2S/c1-2-14(17(23)21-12-7-4-3-5-8-12)22-11-20-18-16(19(22)24)13-9-6-10-15(13)25-18/h3-5,7-8,11,14H,2,6,9-10H2,1H3,(H,21,23). The molecule has 0 spiro atoms. The van der Waals surface area contributed by atoms with E-state index in [1.54, 1.807) is 11.3 Å². The number of fused-ring (bicyclic) bond motifs is 3. The fourth-order valence-electron chi connectivity index (χ4n) is 3.48. The van der Waals surface area contributed by atoms with Crippen LogP contribution in [0.1, 0.15) is 36.2 Å². The Labute approximate surface area is 149 Å². The lowest BCUT2D eigenvalue weighted by atomic mass is 10.1. The average Bonchev–Trinajstić information content (AvgIpc) is 3.19. The van der Waals surface area contributed by atoms with Gasteiger partial charge in [-0.2, -0.15) is 0 Å². The van der Waals surface area contributed by atoms with Gasteiger partial charge in [0.1, 0.15) is 10.9 Å². The fraction of sp³-hybridized carbons (Fsp3) is 0.316. The van der Waals surface area contributed by atoms with Crippen molar-refractivity contribution in [2.45, 2.75) is 38.6 Å². The molecule has 2 aromatic heterocycles. The SMILES string of the molecule is CCC(C(=O)Nc1ccccc1)n1cnc2sc3c(c2c1=O)CCC3. The Bertz CT molecular complexity index is 991. The van der Waals surface area contributed by atoms with Crippen LogP contribution in [0.4, 0.5) is 5.69 Å². The lowest BCUT2D eigenvalue weighted by Gasteiger charge is -2.17. The largest absolute Gasteiger partial charge is 0.324 e. The zero-order valence-corrected chi connectivity index (χ0v) is 14.8. The van der Waals surface area contributed by atoms with Crippen molar-refractivity contribution in [2.24, 2.45) is 0 Å². The first-order chi connectivity index (χ1) is 12.2. The molecule has 0 radical (unpaired) electrons. The summed E-state index contributed by atoms with van der Waals surface area (Å²) in [4.78, 5) is 32.3. The van der Waals surface area contributed by atoms with Gasteiger partial charge in [0.25, 0.3) is 5.56 Å². The molecular weight excluding hydrogens is 334 g/mol. The molecule has 0 saturated carbocycles. The third-order valence-electron chi connectivity index (χ3n) is 4.72. The van der Waals surface area contributed by atoms with Crippen molar-refractivity contribution in [3.8, 4) is 0 Å². The van der Waals surface area contributed by atoms with Crippen molar-refractivity contribution < 1.29 is 4.79 Å². The van der Waals surface area contributed by atoms with Crippen LogP contribution in [0.2, 0.25) is 0 Å². The average molecular weight is 353 g/mol. The highest BCUT2D eigenvalue weighted by Gasteiger charge is 2.25. The monoisotopic (exact) mass is 353 g/mol. The van der Waals surface area contributed by atoms with E-state index in [0.29, 0.717) is 11.8 Å². The summed E-state index contributed by atoms with van der Waals surface area (Å²) in [5.41, 5.74) is 1.77. The van der Waals surface area contributed by atoms with Crippen molar-refractivity contribution in [3.63, 3.8) is 0 Å². The molecule has 1 aromatic carbocycles. The van der Waals surface area contributed by atoms with Crippen LogP contribution in [0.15, 0.2) is 41.5 Å². The predicted octanol–water partition coefficient (Wildman–Crippen LogP) is 3.54. The van der Waals surface area contributed by atoms with E-state index >= 15 is 0 Å². The van der Waals surface area contributed by atoms with Crippen molar-refractivity contribution in [3.05, 3.63) is 57.5 Å². The summed E-state index contributed by atoms with van der Waals surface area (Å²) in [5.74, 6) is -0.191. The van der Waals surface area contributed by atoms with E-state index in [2.05, 4.69) is 10.3 Å². The summed E-state index contributed by atoms with van der Waals surface area (Å²) in [5, 5.41) is 3.60. The van der Waals surface area contributed by atoms with Crippen LogP contribution < -0.4 is 10.9 Å². The zero-order chi connectivity index (χ0) is 17.4. The first-order valence-electron chi connectivity index (χ1n) is 8.56. The maximum absolute atomic E-state index is 13.1. The molecule has 25 heavy (non-hydrogen) atoms. The number of hydrogen-bond acceptors (Lipinski definition) is 4. The Morgan fingerprint density at radius 1 is 1.32 bits per heavy atom. The smallest absolute Gasteiger partial charge is 0.263 e. The topological polar surface area (TPSA) is 64.0 Å². The van der Waals surface area contributed by atoms with Gasteiger partial charge in [-0.1, -0.05) is 25.1 Å². The third kappa shape index (κ3) is 2.76. The third-order valence-corrected chi connectivity index (χ3v) is 5.92. The first kappa shape index (κ1) is 16.0. The highest BCUT2D eigenvalue weighted by atomic mass is 32.1. The molecule has 4 rings (SSSR count). The van der Waals surface area contributed by atoms with E-state index in [1.807, 2.05) is 37.3 Å². The van der Waals surface area contributed by atoms with Crippen LogP contribution in [0.5, 0.6) is 0 Å². The number of para-hydroxylation sites is 1. The summed E-state index contributed by atoms with van der Waals surface area (Å²) in [6.07, 6.45) is 5.11. The molecule has 0 fully saturated rings. The molecule has 0 aliphatic heterocycles. The maximum Gasteiger partial charge on any atom is 0.263 e. The van der Waals surface area contributed by atoms with Crippen molar-refractivity contribution in [1.29, 1.82) is 0 Å². The molecule has 2 heterocycles. The van der Waals surface area contributed by atoms with Gasteiger partial charge in [0.05, 0.1) is 11.7 Å². The van der Waals surface area contributed by atoms with Crippen molar-refractivity contribution >= 4 is 33.1 Å². The lowest BCUT2D eigenvalue weighted by Crippen LogP contribution is -2.33. The van der Waals surface area contributed by atoms with Crippen molar-refractivity contribution in [2.75, 3.05) is 5.32 Å². The molecule has 0 saturated heterocycles. The number of hydrogen-bond donors (Lipinski definition) is 1. The normalized spacial score (nSPS) is 14.4. The quantitative estimate of drug-likeness (QED) is 0.780. The summed E-state index contributed by atoms with van der Waals surface area (Å²) in [7, 11) is 0. The minimum atomic E-state index is -0.568. The van der Waals surface area contributed by atoms with Crippen molar-refractivity contribution in [1.82, 2.24) is 9.55 Å². The number of anilines is 1. The van der Waals surface area contributed by atoms with Gasteiger partial charge in [-0.05, 0) is 43.4 Å². The van der Waals surface area contributed by atoms with E-state index in [0.717, 1.165) is 35.3 Å². The highest BCUT2D eigenvalue weighted by molar-refractivity contribution is 7.18. The number of amides is 1. The van der Waals surface area contributed by atoms with E-state index in [-0.39, 0.29) is 11.5 Å². The number of carbonyl (C=O) groups is 1. The van der Waals surface area contributed by atoms with Gasteiger partial charge in [-0.3, -0.25) is 14.2 Å². The second kappa shape index (κ2) is 6.44. The molecule has 1 unspecified atom stereocenters. The molecular formula is C19H19N3O2S. The Kier molecular flexibility index (Phi) is 4.13. The molecule has 5 nitrogen and oxygen atoms in total. The maximum atomic E-state index is 13.1. The van der Waals surface area contributed by atoms with Crippen LogP contribution in [0, 0.1) is 0 Å². The van der Waals surface area contributed by atoms with Crippen LogP contribution in [-0.4, -0.2) is 15.5 Å². The van der Waals surface area contributed by atoms with E-state index in [1.165, 1.54) is 15.8 Å². The van der Waals surface area contributed by atoms with Gasteiger partial charge in [-0.25, -0.2) is 4.98 Å². The summed E-state index contributed by atoms with van der Waals surface area (Å²) < 4.78 is 1.49. The van der Waals surface area contributed by atoms with E-state index in [4.69, 9.17) is 0 Å². The predicted molar refractivity (Wildman–Crippen MR) is 100 cm³/mol. The van der Waals surface area contributed by atoms with Crippen LogP contribution >= 0.6 is 11.3 Å². The number of aromatic nitrogens is 2. The molecule has 1 amide bonds. The number of nitrogens with one attached hydrogen (secondary N) is 1. The van der Waals surface area contributed by atoms with Gasteiger partial charge in [-0.15, -0.1) is 11.3 Å². The van der Waals surface area contributed by atoms with Gasteiger partial charge in [0.2, 0.25) is 5.91 Å². The second-order valence-electron chi connectivity index (χ2n) is 6.27. The number of nitrogens with zero attached hydrogens (tertiary/aromatic N) is 2. The summed E-state index contributed by atoms with van der Waals surface area (Å²) >= 11 is 1.61. The molecule has 1 aliphatic carbocycles. The van der Waals surface area contributed by atoms with E-state index < -0.39 is 6.04 Å². The zero-order valence-electron chi connectivity index (χ0n) is 14.0. The Morgan fingerprint density at radius 3 is 2.88 bits per heavy atom. The Hall–Kier alpha value is -2.47. The number of aryl methyl sites for hydroxylation is 2. The minimum Gasteiger partial charge on any atom is -0.324 e. The Morgan fingerprint density at radius 2 is 2.12 bits per heavy atom. The first-order valence-corrected chi connectivity index (χ1v) is 9.38. The Balaban J connectivity index is 1.73. The molecule has 1 N–H and O–H groups in total. The molecule has 1 aliphatic rings. The van der Waals surface area contributed by atoms with Crippen LogP contribution in [0.3, 0.4) is 0 Å². The number of carbonyl (C=O) groups excluding carboxylic acids is 1. The van der Waals surface area contributed by atoms with Gasteiger partial charge in [0.15, 0.2) is 0 Å². The van der Waals surface area contributed by atoms with Gasteiger partial charge >= 0.3 is 0 Å². The fourth-order valence-corrected chi connectivity index (χ4v) is 4.69. The molecule has 1 atom stereocenters. The molecule has 3 aromatic rings. The number of rotatable bonds is 4. The van der Waals surface area contributed by atoms with Crippen LogP contribution in [-0.2, 0) is 17.6 Å². The van der Waals surface area contributed by atoms with Crippen LogP contribution in [0.25, 0.3) is 10.2 Å². The van der Waals surface area contributed by atoms with Gasteiger partial charge in [0, 0.05) is 10.6 Å². The number of benzene rings is 1. The molecule has 0 bridgehead atoms. The van der Waals surface area contributed by atoms with E-state index in [9.17, 15) is 9.59 Å². The summed E-state index contributed by atoms with van der Waals surface area (Å²) in [6, 6.07) is 8.73. The minimum absolute atomic E-state index is 0.0977. The lowest BCUT2D eigenvalue weighted by molar-refractivity contribution is -0.119. The second-order valence-corrected chi connectivity index (χ2v) is 7.36.